The molecule has 0 aliphatic carbocycles. The van der Waals surface area contributed by atoms with E-state index in [2.05, 4.69) is 20.8 Å². The van der Waals surface area contributed by atoms with Crippen molar-refractivity contribution >= 4 is 5.97 Å². The Morgan fingerprint density at radius 1 is 1.24 bits per heavy atom. The zero-order valence-electron chi connectivity index (χ0n) is 11.0. The molecule has 1 unspecified atom stereocenters. The van der Waals surface area contributed by atoms with Crippen LogP contribution in [0.25, 0.3) is 0 Å². The molecule has 0 aromatic heterocycles. The third-order valence-corrected chi connectivity index (χ3v) is 2.69. The molecule has 0 amide bonds. The Labute approximate surface area is 104 Å². The van der Waals surface area contributed by atoms with Gasteiger partial charge in [-0.05, 0) is 30.9 Å². The van der Waals surface area contributed by atoms with Crippen molar-refractivity contribution in [3.05, 3.63) is 30.3 Å². The van der Waals surface area contributed by atoms with Crippen LogP contribution in [0.2, 0.25) is 0 Å². The van der Waals surface area contributed by atoms with Gasteiger partial charge in [0.1, 0.15) is 5.75 Å². The van der Waals surface area contributed by atoms with Gasteiger partial charge >= 0.3 is 5.97 Å². The predicted molar refractivity (Wildman–Crippen MR) is 69.9 cm³/mol. The van der Waals surface area contributed by atoms with Crippen LogP contribution >= 0.6 is 0 Å². The Morgan fingerprint density at radius 3 is 2.41 bits per heavy atom. The zero-order chi connectivity index (χ0) is 12.7. The average Bonchev–Trinajstić information content (AvgIpc) is 2.29. The monoisotopic (exact) mass is 234 g/mol. The van der Waals surface area contributed by atoms with Gasteiger partial charge < -0.3 is 4.74 Å². The number of ether oxygens (including phenoxy) is 1. The van der Waals surface area contributed by atoms with Crippen LogP contribution in [0.5, 0.6) is 5.75 Å². The maximum atomic E-state index is 12.0. The van der Waals surface area contributed by atoms with Crippen molar-refractivity contribution in [2.45, 2.75) is 40.0 Å². The summed E-state index contributed by atoms with van der Waals surface area (Å²) in [6, 6.07) is 9.29. The minimum absolute atomic E-state index is 0.0280. The summed E-state index contributed by atoms with van der Waals surface area (Å²) in [5.74, 6) is 1.10. The fourth-order valence-electron chi connectivity index (χ4n) is 1.94. The van der Waals surface area contributed by atoms with Gasteiger partial charge in [0, 0.05) is 0 Å². The van der Waals surface area contributed by atoms with Crippen molar-refractivity contribution in [1.29, 1.82) is 0 Å². The lowest BCUT2D eigenvalue weighted by Gasteiger charge is -2.16. The molecule has 0 heterocycles. The smallest absolute Gasteiger partial charge is 0.314 e. The zero-order valence-corrected chi connectivity index (χ0v) is 11.0. The Bertz CT molecular complexity index is 330. The van der Waals surface area contributed by atoms with E-state index in [1.165, 1.54) is 0 Å². The first-order chi connectivity index (χ1) is 8.13. The fraction of sp³-hybridized carbons (Fsp3) is 0.533. The number of benzene rings is 1. The quantitative estimate of drug-likeness (QED) is 0.548. The van der Waals surface area contributed by atoms with E-state index < -0.39 is 0 Å². The van der Waals surface area contributed by atoms with Gasteiger partial charge in [0.25, 0.3) is 0 Å². The van der Waals surface area contributed by atoms with E-state index in [1.54, 1.807) is 0 Å². The minimum Gasteiger partial charge on any atom is -0.426 e. The number of hydrogen-bond acceptors (Lipinski definition) is 2. The SMILES string of the molecule is CCCC(CC(C)C)C(=O)Oc1ccccc1. The largest absolute Gasteiger partial charge is 0.426 e. The van der Waals surface area contributed by atoms with Crippen LogP contribution in [0.4, 0.5) is 0 Å². The van der Waals surface area contributed by atoms with Gasteiger partial charge in [0.05, 0.1) is 5.92 Å². The van der Waals surface area contributed by atoms with Crippen molar-refractivity contribution in [1.82, 2.24) is 0 Å². The summed E-state index contributed by atoms with van der Waals surface area (Å²) >= 11 is 0. The van der Waals surface area contributed by atoms with Crippen molar-refractivity contribution < 1.29 is 9.53 Å². The molecule has 0 saturated carbocycles. The molecular weight excluding hydrogens is 212 g/mol. The normalized spacial score (nSPS) is 12.5. The van der Waals surface area contributed by atoms with Crippen molar-refractivity contribution in [3.63, 3.8) is 0 Å². The molecule has 1 rings (SSSR count). The maximum Gasteiger partial charge on any atom is 0.314 e. The summed E-state index contributed by atoms with van der Waals surface area (Å²) < 4.78 is 5.39. The highest BCUT2D eigenvalue weighted by Crippen LogP contribution is 2.20. The van der Waals surface area contributed by atoms with Crippen LogP contribution in [0.3, 0.4) is 0 Å². The lowest BCUT2D eigenvalue weighted by molar-refractivity contribution is -0.139. The molecule has 17 heavy (non-hydrogen) atoms. The standard InChI is InChI=1S/C15H22O2/c1-4-8-13(11-12(2)3)15(16)17-14-9-6-5-7-10-14/h5-7,9-10,12-13H,4,8,11H2,1-3H3. The predicted octanol–water partition coefficient (Wildman–Crippen LogP) is 4.05. The minimum atomic E-state index is -0.0910. The number of carbonyl (C=O) groups is 1. The first-order valence-electron chi connectivity index (χ1n) is 6.40. The van der Waals surface area contributed by atoms with E-state index in [0.717, 1.165) is 19.3 Å². The van der Waals surface area contributed by atoms with Crippen LogP contribution in [-0.4, -0.2) is 5.97 Å². The topological polar surface area (TPSA) is 26.3 Å². The second kappa shape index (κ2) is 7.10. The number of carbonyl (C=O) groups excluding carboxylic acids is 1. The Balaban J connectivity index is 2.59. The van der Waals surface area contributed by atoms with E-state index in [0.29, 0.717) is 11.7 Å². The first-order valence-corrected chi connectivity index (χ1v) is 6.40. The van der Waals surface area contributed by atoms with Crippen molar-refractivity contribution in [2.24, 2.45) is 11.8 Å². The van der Waals surface area contributed by atoms with E-state index in [4.69, 9.17) is 4.74 Å². The van der Waals surface area contributed by atoms with Crippen LogP contribution in [-0.2, 0) is 4.79 Å². The van der Waals surface area contributed by atoms with Gasteiger partial charge in [-0.1, -0.05) is 45.4 Å². The second-order valence-corrected chi connectivity index (χ2v) is 4.85. The molecule has 1 atom stereocenters. The summed E-state index contributed by atoms with van der Waals surface area (Å²) in [6.45, 7) is 6.38. The fourth-order valence-corrected chi connectivity index (χ4v) is 1.94. The molecule has 0 aliphatic heterocycles. The van der Waals surface area contributed by atoms with E-state index in [1.807, 2.05) is 30.3 Å². The molecule has 0 bridgehead atoms. The van der Waals surface area contributed by atoms with Crippen molar-refractivity contribution in [2.75, 3.05) is 0 Å². The van der Waals surface area contributed by atoms with Gasteiger partial charge in [-0.2, -0.15) is 0 Å². The summed E-state index contributed by atoms with van der Waals surface area (Å²) in [7, 11) is 0. The van der Waals surface area contributed by atoms with E-state index >= 15 is 0 Å². The highest BCUT2D eigenvalue weighted by molar-refractivity contribution is 5.75. The molecular formula is C15H22O2. The second-order valence-electron chi connectivity index (χ2n) is 4.85. The molecule has 1 aromatic rings. The molecule has 94 valence electrons. The number of para-hydroxylation sites is 1. The molecule has 0 aliphatic rings. The van der Waals surface area contributed by atoms with Gasteiger partial charge in [0.2, 0.25) is 0 Å². The lowest BCUT2D eigenvalue weighted by Crippen LogP contribution is -2.22. The van der Waals surface area contributed by atoms with Gasteiger partial charge in [0.15, 0.2) is 0 Å². The summed E-state index contributed by atoms with van der Waals surface area (Å²) in [5, 5.41) is 0. The summed E-state index contributed by atoms with van der Waals surface area (Å²) in [5.41, 5.74) is 0. The Kier molecular flexibility index (Phi) is 5.75. The van der Waals surface area contributed by atoms with Crippen LogP contribution in [0.1, 0.15) is 40.0 Å². The molecule has 0 fully saturated rings. The van der Waals surface area contributed by atoms with Crippen LogP contribution < -0.4 is 4.74 Å². The van der Waals surface area contributed by atoms with Crippen molar-refractivity contribution in [3.8, 4) is 5.75 Å². The third kappa shape index (κ3) is 5.03. The van der Waals surface area contributed by atoms with Crippen LogP contribution in [0, 0.1) is 11.8 Å². The molecule has 0 saturated heterocycles. The lowest BCUT2D eigenvalue weighted by atomic mass is 9.93. The highest BCUT2D eigenvalue weighted by Gasteiger charge is 2.20. The Hall–Kier alpha value is -1.31. The molecule has 0 spiro atoms. The van der Waals surface area contributed by atoms with Crippen LogP contribution in [0.15, 0.2) is 30.3 Å². The Morgan fingerprint density at radius 2 is 1.88 bits per heavy atom. The first kappa shape index (κ1) is 13.8. The van der Waals surface area contributed by atoms with E-state index in [-0.39, 0.29) is 11.9 Å². The molecule has 1 aromatic carbocycles. The summed E-state index contributed by atoms with van der Waals surface area (Å²) in [6.07, 6.45) is 2.82. The number of esters is 1. The molecule has 0 N–H and O–H groups in total. The third-order valence-electron chi connectivity index (χ3n) is 2.69. The molecule has 2 nitrogen and oxygen atoms in total. The average molecular weight is 234 g/mol. The molecule has 0 radical (unpaired) electrons. The number of hydrogen-bond donors (Lipinski definition) is 0. The summed E-state index contributed by atoms with van der Waals surface area (Å²) in [4.78, 5) is 12.0. The van der Waals surface area contributed by atoms with Gasteiger partial charge in [-0.25, -0.2) is 0 Å². The number of rotatable bonds is 6. The highest BCUT2D eigenvalue weighted by atomic mass is 16.5. The maximum absolute atomic E-state index is 12.0. The van der Waals surface area contributed by atoms with E-state index in [9.17, 15) is 4.79 Å². The van der Waals surface area contributed by atoms with Gasteiger partial charge in [-0.15, -0.1) is 0 Å². The molecule has 2 heteroatoms. The van der Waals surface area contributed by atoms with Gasteiger partial charge in [-0.3, -0.25) is 4.79 Å².